The molecule has 0 aliphatic rings. The number of pyridine rings is 1. The lowest BCUT2D eigenvalue weighted by atomic mass is 10.2. The summed E-state index contributed by atoms with van der Waals surface area (Å²) in [5.74, 6) is -0.0973. The van der Waals surface area contributed by atoms with Gasteiger partial charge in [0.1, 0.15) is 0 Å². The molecule has 1 N–H and O–H groups in total. The Labute approximate surface area is 136 Å². The third-order valence-electron chi connectivity index (χ3n) is 3.25. The van der Waals surface area contributed by atoms with Crippen LogP contribution in [0.25, 0.3) is 11.3 Å². The first-order valence-corrected chi connectivity index (χ1v) is 8.63. The van der Waals surface area contributed by atoms with Gasteiger partial charge in [-0.1, -0.05) is 6.92 Å². The van der Waals surface area contributed by atoms with Gasteiger partial charge in [0, 0.05) is 28.2 Å². The van der Waals surface area contributed by atoms with Crippen LogP contribution < -0.4 is 5.32 Å². The Morgan fingerprint density at radius 3 is 2.95 bits per heavy atom. The van der Waals surface area contributed by atoms with Crippen LogP contribution in [0.2, 0.25) is 0 Å². The van der Waals surface area contributed by atoms with Crippen molar-refractivity contribution in [1.82, 2.24) is 9.97 Å². The average Bonchev–Trinajstić information content (AvgIpc) is 3.14. The number of nitrogens with zero attached hydrogens (tertiary/aromatic N) is 2. The van der Waals surface area contributed by atoms with Gasteiger partial charge >= 0.3 is 0 Å². The second-order valence-corrected chi connectivity index (χ2v) is 6.80. The number of aryl methyl sites for hydroxylation is 2. The minimum Gasteiger partial charge on any atom is -0.297 e. The Morgan fingerprint density at radius 2 is 2.27 bits per heavy atom. The van der Waals surface area contributed by atoms with Gasteiger partial charge in [-0.3, -0.25) is 15.1 Å². The van der Waals surface area contributed by atoms with Gasteiger partial charge in [0.15, 0.2) is 5.13 Å². The molecular weight excluding hydrogens is 314 g/mol. The first-order valence-electron chi connectivity index (χ1n) is 6.94. The molecule has 0 unspecified atom stereocenters. The highest BCUT2D eigenvalue weighted by Gasteiger charge is 2.14. The Hall–Kier alpha value is -2.05. The number of amides is 1. The van der Waals surface area contributed by atoms with E-state index in [9.17, 15) is 4.79 Å². The van der Waals surface area contributed by atoms with E-state index in [4.69, 9.17) is 0 Å². The smallest absolute Gasteiger partial charge is 0.267 e. The molecular formula is C16H15N3OS2. The van der Waals surface area contributed by atoms with E-state index < -0.39 is 0 Å². The van der Waals surface area contributed by atoms with Crippen molar-refractivity contribution in [1.29, 1.82) is 0 Å². The third kappa shape index (κ3) is 3.08. The van der Waals surface area contributed by atoms with E-state index >= 15 is 0 Å². The monoisotopic (exact) mass is 329 g/mol. The second-order valence-electron chi connectivity index (χ2n) is 4.80. The van der Waals surface area contributed by atoms with E-state index in [0.29, 0.717) is 5.13 Å². The average molecular weight is 329 g/mol. The maximum absolute atomic E-state index is 12.3. The van der Waals surface area contributed by atoms with E-state index in [1.54, 1.807) is 23.7 Å². The number of hydrogen-bond donors (Lipinski definition) is 1. The fraction of sp³-hybridized carbons (Fsp3) is 0.188. The van der Waals surface area contributed by atoms with Gasteiger partial charge in [0.05, 0.1) is 10.6 Å². The molecule has 3 aromatic rings. The van der Waals surface area contributed by atoms with Crippen LogP contribution >= 0.6 is 22.7 Å². The zero-order valence-electron chi connectivity index (χ0n) is 12.3. The number of thiazole rings is 1. The van der Waals surface area contributed by atoms with E-state index in [1.165, 1.54) is 21.8 Å². The molecule has 112 valence electrons. The largest absolute Gasteiger partial charge is 0.297 e. The Bertz CT molecular complexity index is 793. The molecule has 22 heavy (non-hydrogen) atoms. The van der Waals surface area contributed by atoms with Crippen LogP contribution in [0.15, 0.2) is 36.0 Å². The van der Waals surface area contributed by atoms with Gasteiger partial charge < -0.3 is 0 Å². The number of carbonyl (C=O) groups is 1. The molecule has 0 radical (unpaired) electrons. The van der Waals surface area contributed by atoms with Crippen molar-refractivity contribution in [2.24, 2.45) is 0 Å². The molecule has 0 aliphatic carbocycles. The lowest BCUT2D eigenvalue weighted by Gasteiger charge is -1.98. The van der Waals surface area contributed by atoms with Crippen molar-refractivity contribution < 1.29 is 4.79 Å². The molecule has 0 bridgehead atoms. The molecule has 3 rings (SSSR count). The van der Waals surface area contributed by atoms with Crippen LogP contribution in [0.3, 0.4) is 0 Å². The van der Waals surface area contributed by atoms with Crippen molar-refractivity contribution in [2.45, 2.75) is 20.3 Å². The third-order valence-corrected chi connectivity index (χ3v) is 5.39. The molecule has 0 spiro atoms. The summed E-state index contributed by atoms with van der Waals surface area (Å²) in [6.45, 7) is 4.14. The molecule has 3 aromatic heterocycles. The van der Waals surface area contributed by atoms with Crippen LogP contribution in [-0.2, 0) is 6.42 Å². The fourth-order valence-corrected chi connectivity index (χ4v) is 3.84. The van der Waals surface area contributed by atoms with Crippen molar-refractivity contribution in [3.63, 3.8) is 0 Å². The molecule has 6 heteroatoms. The fourth-order valence-electron chi connectivity index (χ4n) is 2.12. The number of aromatic nitrogens is 2. The van der Waals surface area contributed by atoms with Crippen molar-refractivity contribution in [2.75, 3.05) is 5.32 Å². The molecule has 0 atom stereocenters. The van der Waals surface area contributed by atoms with Crippen molar-refractivity contribution >= 4 is 33.7 Å². The summed E-state index contributed by atoms with van der Waals surface area (Å²) in [6.07, 6.45) is 4.44. The lowest BCUT2D eigenvalue weighted by Crippen LogP contribution is -2.09. The molecule has 0 fully saturated rings. The van der Waals surface area contributed by atoms with Crippen molar-refractivity contribution in [3.05, 3.63) is 51.3 Å². The Morgan fingerprint density at radius 1 is 1.41 bits per heavy atom. The molecule has 0 saturated carbocycles. The number of anilines is 1. The highest BCUT2D eigenvalue weighted by Crippen LogP contribution is 2.26. The summed E-state index contributed by atoms with van der Waals surface area (Å²) in [4.78, 5) is 22.8. The van der Waals surface area contributed by atoms with Crippen molar-refractivity contribution in [3.8, 4) is 11.3 Å². The summed E-state index contributed by atoms with van der Waals surface area (Å²) in [5, 5.41) is 5.40. The van der Waals surface area contributed by atoms with E-state index in [1.807, 2.05) is 30.5 Å². The number of hydrogen-bond acceptors (Lipinski definition) is 5. The molecule has 0 aliphatic heterocycles. The van der Waals surface area contributed by atoms with Gasteiger partial charge in [-0.05, 0) is 37.1 Å². The normalized spacial score (nSPS) is 10.6. The van der Waals surface area contributed by atoms with Gasteiger partial charge in [-0.25, -0.2) is 4.98 Å². The predicted molar refractivity (Wildman–Crippen MR) is 91.7 cm³/mol. The predicted octanol–water partition coefficient (Wildman–Crippen LogP) is 4.39. The number of carbonyl (C=O) groups excluding carboxylic acids is 1. The molecule has 3 heterocycles. The maximum atomic E-state index is 12.3. The summed E-state index contributed by atoms with van der Waals surface area (Å²) >= 11 is 2.96. The molecule has 1 amide bonds. The van der Waals surface area contributed by atoms with E-state index in [2.05, 4.69) is 22.2 Å². The highest BCUT2D eigenvalue weighted by molar-refractivity contribution is 7.15. The SMILES string of the molecule is CCc1sc(C(=O)Nc2nc(-c3cccnc3)cs2)cc1C. The summed E-state index contributed by atoms with van der Waals surface area (Å²) in [5.41, 5.74) is 2.94. The highest BCUT2D eigenvalue weighted by atomic mass is 32.1. The lowest BCUT2D eigenvalue weighted by molar-refractivity contribution is 0.103. The van der Waals surface area contributed by atoms with Crippen LogP contribution in [-0.4, -0.2) is 15.9 Å². The minimum atomic E-state index is -0.0973. The van der Waals surface area contributed by atoms with Gasteiger partial charge in [0.2, 0.25) is 0 Å². The zero-order chi connectivity index (χ0) is 15.5. The van der Waals surface area contributed by atoms with Gasteiger partial charge in [-0.2, -0.15) is 0 Å². The molecule has 0 saturated heterocycles. The minimum absolute atomic E-state index is 0.0973. The Kier molecular flexibility index (Phi) is 4.31. The summed E-state index contributed by atoms with van der Waals surface area (Å²) < 4.78 is 0. The maximum Gasteiger partial charge on any atom is 0.267 e. The summed E-state index contributed by atoms with van der Waals surface area (Å²) in [7, 11) is 0. The van der Waals surface area contributed by atoms with Gasteiger partial charge in [0.25, 0.3) is 5.91 Å². The van der Waals surface area contributed by atoms with Crippen LogP contribution in [0, 0.1) is 6.92 Å². The zero-order valence-corrected chi connectivity index (χ0v) is 13.9. The number of rotatable bonds is 4. The number of thiophene rings is 1. The Balaban J connectivity index is 1.76. The second kappa shape index (κ2) is 6.37. The number of nitrogens with one attached hydrogen (secondary N) is 1. The topological polar surface area (TPSA) is 54.9 Å². The van der Waals surface area contributed by atoms with Crippen LogP contribution in [0.1, 0.15) is 27.0 Å². The van der Waals surface area contributed by atoms with E-state index in [-0.39, 0.29) is 5.91 Å². The first kappa shape index (κ1) is 14.9. The van der Waals surface area contributed by atoms with E-state index in [0.717, 1.165) is 22.6 Å². The first-order chi connectivity index (χ1) is 10.7. The quantitative estimate of drug-likeness (QED) is 0.772. The summed E-state index contributed by atoms with van der Waals surface area (Å²) in [6, 6.07) is 5.76. The molecule has 0 aromatic carbocycles. The molecule has 4 nitrogen and oxygen atoms in total. The standard InChI is InChI=1S/C16H15N3OS2/c1-3-13-10(2)7-14(22-13)15(20)19-16-18-12(9-21-16)11-5-4-6-17-8-11/h4-9H,3H2,1-2H3,(H,18,19,20). The van der Waals surface area contributed by atoms with Crippen LogP contribution in [0.5, 0.6) is 0 Å². The van der Waals surface area contributed by atoms with Gasteiger partial charge in [-0.15, -0.1) is 22.7 Å². The van der Waals surface area contributed by atoms with Crippen LogP contribution in [0.4, 0.5) is 5.13 Å².